The molecule has 0 radical (unpaired) electrons. The highest BCUT2D eigenvalue weighted by molar-refractivity contribution is 5.72. The van der Waals surface area contributed by atoms with E-state index in [1.54, 1.807) is 6.07 Å². The monoisotopic (exact) mass is 334 g/mol. The molecule has 1 aromatic heterocycles. The molecular formula is C20H19FN4. The first-order valence-electron chi connectivity index (χ1n) is 8.22. The van der Waals surface area contributed by atoms with Gasteiger partial charge in [0.2, 0.25) is 0 Å². The fourth-order valence-electron chi connectivity index (χ4n) is 2.84. The van der Waals surface area contributed by atoms with Crippen molar-refractivity contribution in [1.29, 1.82) is 5.26 Å². The third-order valence-electron chi connectivity index (χ3n) is 4.10. The van der Waals surface area contributed by atoms with Crippen molar-refractivity contribution in [2.24, 2.45) is 0 Å². The van der Waals surface area contributed by atoms with Crippen LogP contribution in [-0.2, 0) is 13.0 Å². The van der Waals surface area contributed by atoms with Crippen LogP contribution in [0.3, 0.4) is 0 Å². The number of hydrogen-bond acceptors (Lipinski definition) is 3. The van der Waals surface area contributed by atoms with Gasteiger partial charge >= 0.3 is 0 Å². The summed E-state index contributed by atoms with van der Waals surface area (Å²) in [5.41, 5.74) is 8.74. The first-order valence-corrected chi connectivity index (χ1v) is 8.22. The van der Waals surface area contributed by atoms with Crippen LogP contribution in [-0.4, -0.2) is 9.55 Å². The van der Waals surface area contributed by atoms with Gasteiger partial charge in [-0.15, -0.1) is 0 Å². The molecule has 3 rings (SSSR count). The summed E-state index contributed by atoms with van der Waals surface area (Å²) in [6.45, 7) is 2.71. The largest absolute Gasteiger partial charge is 0.383 e. The van der Waals surface area contributed by atoms with E-state index in [0.717, 1.165) is 24.2 Å². The number of nitrogens with zero attached hydrogens (tertiary/aromatic N) is 3. The second-order valence-corrected chi connectivity index (χ2v) is 5.89. The van der Waals surface area contributed by atoms with Crippen LogP contribution in [0.5, 0.6) is 0 Å². The average Bonchev–Trinajstić information content (AvgIpc) is 2.93. The molecule has 2 aromatic carbocycles. The maximum absolute atomic E-state index is 13.6. The predicted molar refractivity (Wildman–Crippen MR) is 96.3 cm³/mol. The third kappa shape index (κ3) is 3.38. The van der Waals surface area contributed by atoms with Gasteiger partial charge in [0, 0.05) is 12.0 Å². The molecule has 0 saturated carbocycles. The van der Waals surface area contributed by atoms with E-state index < -0.39 is 5.82 Å². The molecule has 0 saturated heterocycles. The van der Waals surface area contributed by atoms with Crippen LogP contribution in [0.25, 0.3) is 11.3 Å². The number of aryl methyl sites for hydroxylation is 1. The lowest BCUT2D eigenvalue weighted by molar-refractivity contribution is 0.624. The first kappa shape index (κ1) is 16.7. The summed E-state index contributed by atoms with van der Waals surface area (Å²) in [4.78, 5) is 4.68. The highest BCUT2D eigenvalue weighted by Gasteiger charge is 2.17. The van der Waals surface area contributed by atoms with Crippen LogP contribution in [0, 0.1) is 17.1 Å². The molecule has 1 heterocycles. The van der Waals surface area contributed by atoms with E-state index in [2.05, 4.69) is 11.9 Å². The molecule has 2 N–H and O–H groups in total. The van der Waals surface area contributed by atoms with Gasteiger partial charge in [-0.2, -0.15) is 5.26 Å². The number of anilines is 1. The SMILES string of the molecule is CCCc1nc(-c2ccc(F)c(C#N)c2)c(N)n1Cc1ccccc1. The molecule has 0 aliphatic rings. The molecule has 0 fully saturated rings. The van der Waals surface area contributed by atoms with E-state index >= 15 is 0 Å². The maximum Gasteiger partial charge on any atom is 0.140 e. The van der Waals surface area contributed by atoms with Gasteiger partial charge in [0.1, 0.15) is 29.2 Å². The standard InChI is InChI=1S/C20H19FN4/c1-2-6-18-24-19(15-9-10-17(21)16(11-15)12-22)20(23)25(18)13-14-7-4-3-5-8-14/h3-5,7-11H,2,6,13,23H2,1H3. The van der Waals surface area contributed by atoms with E-state index in [4.69, 9.17) is 11.0 Å². The Morgan fingerprint density at radius 3 is 2.64 bits per heavy atom. The quantitative estimate of drug-likeness (QED) is 0.762. The van der Waals surface area contributed by atoms with Gasteiger partial charge < -0.3 is 10.3 Å². The predicted octanol–water partition coefficient (Wildman–Crippen LogP) is 4.14. The van der Waals surface area contributed by atoms with Crippen LogP contribution in [0.1, 0.15) is 30.3 Å². The summed E-state index contributed by atoms with van der Waals surface area (Å²) in [5, 5.41) is 9.05. The number of benzene rings is 2. The Labute approximate surface area is 146 Å². The minimum atomic E-state index is -0.540. The second-order valence-electron chi connectivity index (χ2n) is 5.89. The van der Waals surface area contributed by atoms with E-state index in [0.29, 0.717) is 23.6 Å². The molecule has 0 amide bonds. The molecular weight excluding hydrogens is 315 g/mol. The van der Waals surface area contributed by atoms with Crippen molar-refractivity contribution in [2.75, 3.05) is 5.73 Å². The molecule has 5 heteroatoms. The van der Waals surface area contributed by atoms with Crippen molar-refractivity contribution >= 4 is 5.82 Å². The minimum Gasteiger partial charge on any atom is -0.383 e. The Hall–Kier alpha value is -3.13. The first-order chi connectivity index (χ1) is 12.1. The van der Waals surface area contributed by atoms with Crippen LogP contribution in [0.2, 0.25) is 0 Å². The Morgan fingerprint density at radius 2 is 1.96 bits per heavy atom. The number of nitrogen functional groups attached to an aromatic ring is 1. The van der Waals surface area contributed by atoms with Gasteiger partial charge in [-0.3, -0.25) is 0 Å². The highest BCUT2D eigenvalue weighted by Crippen LogP contribution is 2.29. The lowest BCUT2D eigenvalue weighted by atomic mass is 10.1. The van der Waals surface area contributed by atoms with Crippen molar-refractivity contribution in [3.63, 3.8) is 0 Å². The summed E-state index contributed by atoms with van der Waals surface area (Å²) in [7, 11) is 0. The lowest BCUT2D eigenvalue weighted by Crippen LogP contribution is -2.08. The van der Waals surface area contributed by atoms with Crippen LogP contribution in [0.15, 0.2) is 48.5 Å². The van der Waals surface area contributed by atoms with Gasteiger partial charge in [0.25, 0.3) is 0 Å². The fraction of sp³-hybridized carbons (Fsp3) is 0.200. The minimum absolute atomic E-state index is 0.00782. The zero-order valence-electron chi connectivity index (χ0n) is 14.0. The van der Waals surface area contributed by atoms with E-state index in [1.165, 1.54) is 12.1 Å². The Kier molecular flexibility index (Phi) is 4.80. The maximum atomic E-state index is 13.6. The summed E-state index contributed by atoms with van der Waals surface area (Å²) < 4.78 is 15.6. The number of hydrogen-bond donors (Lipinski definition) is 1. The normalized spacial score (nSPS) is 10.6. The van der Waals surface area contributed by atoms with Gasteiger partial charge in [0.05, 0.1) is 12.1 Å². The molecule has 126 valence electrons. The number of halogens is 1. The molecule has 4 nitrogen and oxygen atoms in total. The molecule has 0 aliphatic carbocycles. The van der Waals surface area contributed by atoms with Crippen molar-refractivity contribution in [3.8, 4) is 17.3 Å². The molecule has 0 atom stereocenters. The van der Waals surface area contributed by atoms with Crippen LogP contribution in [0.4, 0.5) is 10.2 Å². The van der Waals surface area contributed by atoms with Crippen molar-refractivity contribution in [3.05, 3.63) is 71.3 Å². The number of nitrogens with two attached hydrogens (primary N) is 1. The molecule has 3 aromatic rings. The smallest absolute Gasteiger partial charge is 0.140 e. The van der Waals surface area contributed by atoms with Crippen molar-refractivity contribution in [2.45, 2.75) is 26.3 Å². The summed E-state index contributed by atoms with van der Waals surface area (Å²) in [6, 6.07) is 16.3. The van der Waals surface area contributed by atoms with Gasteiger partial charge in [-0.05, 0) is 30.2 Å². The molecule has 25 heavy (non-hydrogen) atoms. The lowest BCUT2D eigenvalue weighted by Gasteiger charge is -2.09. The number of imidazole rings is 1. The number of aromatic nitrogens is 2. The van der Waals surface area contributed by atoms with Crippen molar-refractivity contribution in [1.82, 2.24) is 9.55 Å². The van der Waals surface area contributed by atoms with Crippen LogP contribution >= 0.6 is 0 Å². The average molecular weight is 334 g/mol. The van der Waals surface area contributed by atoms with E-state index in [1.807, 2.05) is 41.0 Å². The molecule has 0 spiro atoms. The van der Waals surface area contributed by atoms with Gasteiger partial charge in [-0.25, -0.2) is 9.37 Å². The van der Waals surface area contributed by atoms with E-state index in [-0.39, 0.29) is 5.56 Å². The van der Waals surface area contributed by atoms with Gasteiger partial charge in [-0.1, -0.05) is 37.3 Å². The Balaban J connectivity index is 2.07. The summed E-state index contributed by atoms with van der Waals surface area (Å²) in [5.74, 6) is 0.881. The molecule has 0 bridgehead atoms. The summed E-state index contributed by atoms with van der Waals surface area (Å²) >= 11 is 0. The second kappa shape index (κ2) is 7.18. The Bertz CT molecular complexity index is 923. The van der Waals surface area contributed by atoms with Gasteiger partial charge in [0.15, 0.2) is 0 Å². The molecule has 0 aliphatic heterocycles. The molecule has 0 unspecified atom stereocenters. The van der Waals surface area contributed by atoms with E-state index in [9.17, 15) is 4.39 Å². The van der Waals surface area contributed by atoms with Crippen LogP contribution < -0.4 is 5.73 Å². The third-order valence-corrected chi connectivity index (χ3v) is 4.10. The zero-order valence-corrected chi connectivity index (χ0v) is 14.0. The number of nitriles is 1. The topological polar surface area (TPSA) is 67.6 Å². The van der Waals surface area contributed by atoms with Crippen molar-refractivity contribution < 1.29 is 4.39 Å². The Morgan fingerprint density at radius 1 is 1.20 bits per heavy atom. The summed E-state index contributed by atoms with van der Waals surface area (Å²) in [6.07, 6.45) is 1.74. The zero-order chi connectivity index (χ0) is 17.8. The highest BCUT2D eigenvalue weighted by atomic mass is 19.1. The number of rotatable bonds is 5. The fourth-order valence-corrected chi connectivity index (χ4v) is 2.84.